The van der Waals surface area contributed by atoms with Crippen LogP contribution in [-0.2, 0) is 19.6 Å². The van der Waals surface area contributed by atoms with Gasteiger partial charge >= 0.3 is 0 Å². The SMILES string of the molecule is Cc1ccc(C(NC2C(=O)C(=O)C2Nc2ccc(Cl)c(S(=O)(=O)N(C)C)c2O)C2CCCS2)o1. The van der Waals surface area contributed by atoms with Gasteiger partial charge in [-0.15, -0.1) is 0 Å². The fourth-order valence-corrected chi connectivity index (χ4v) is 7.00. The number of hydrogen-bond donors (Lipinski definition) is 3. The first-order chi connectivity index (χ1) is 16.0. The second kappa shape index (κ2) is 9.54. The number of ketones is 2. The van der Waals surface area contributed by atoms with Gasteiger partial charge in [0.1, 0.15) is 28.5 Å². The van der Waals surface area contributed by atoms with Crippen LogP contribution in [0.1, 0.15) is 30.4 Å². The monoisotopic (exact) mass is 527 g/mol. The summed E-state index contributed by atoms with van der Waals surface area (Å²) in [6.45, 7) is 1.84. The summed E-state index contributed by atoms with van der Waals surface area (Å²) in [6, 6.07) is 4.27. The third kappa shape index (κ3) is 4.47. The molecule has 2 aromatic rings. The lowest BCUT2D eigenvalue weighted by Crippen LogP contribution is -2.68. The molecule has 34 heavy (non-hydrogen) atoms. The normalized spacial score (nSPS) is 23.9. The number of aryl methyl sites for hydroxylation is 1. The Morgan fingerprint density at radius 3 is 2.47 bits per heavy atom. The van der Waals surface area contributed by atoms with Crippen molar-refractivity contribution in [2.45, 2.75) is 48.0 Å². The molecule has 9 nitrogen and oxygen atoms in total. The van der Waals surface area contributed by atoms with Crippen molar-refractivity contribution in [1.82, 2.24) is 9.62 Å². The maximum atomic E-state index is 12.6. The first kappa shape index (κ1) is 25.1. The Morgan fingerprint density at radius 2 is 1.88 bits per heavy atom. The molecule has 4 unspecified atom stereocenters. The summed E-state index contributed by atoms with van der Waals surface area (Å²) in [6.07, 6.45) is 1.99. The average Bonchev–Trinajstić information content (AvgIpc) is 3.46. The summed E-state index contributed by atoms with van der Waals surface area (Å²) >= 11 is 7.85. The number of hydrogen-bond acceptors (Lipinski definition) is 9. The van der Waals surface area contributed by atoms with Crippen molar-refractivity contribution in [2.75, 3.05) is 25.2 Å². The van der Waals surface area contributed by atoms with Crippen molar-refractivity contribution in [3.05, 3.63) is 40.8 Å². The van der Waals surface area contributed by atoms with Gasteiger partial charge in [-0.3, -0.25) is 14.9 Å². The Balaban J connectivity index is 1.61. The number of thioether (sulfide) groups is 1. The molecule has 2 aliphatic rings. The van der Waals surface area contributed by atoms with Crippen molar-refractivity contribution in [3.63, 3.8) is 0 Å². The smallest absolute Gasteiger partial charge is 0.247 e. The lowest BCUT2D eigenvalue weighted by atomic mass is 9.82. The predicted octanol–water partition coefficient (Wildman–Crippen LogP) is 2.72. The van der Waals surface area contributed by atoms with Crippen molar-refractivity contribution < 1.29 is 27.5 Å². The highest BCUT2D eigenvalue weighted by Gasteiger charge is 2.51. The van der Waals surface area contributed by atoms with Gasteiger partial charge in [0.25, 0.3) is 0 Å². The standard InChI is InChI=1S/C22H26ClN3O6S2/c1-11-6-9-14(32-11)16(15-5-4-10-33-15)25-18-17(20(28)21(18)29)24-13-8-7-12(23)22(19(13)27)34(30,31)26(2)3/h6-9,15-18,24-25,27H,4-5,10H2,1-3H3. The molecule has 0 spiro atoms. The van der Waals surface area contributed by atoms with E-state index in [1.807, 2.05) is 19.1 Å². The zero-order chi connectivity index (χ0) is 24.8. The van der Waals surface area contributed by atoms with Crippen LogP contribution in [0, 0.1) is 6.92 Å². The van der Waals surface area contributed by atoms with E-state index < -0.39 is 44.3 Å². The van der Waals surface area contributed by atoms with Gasteiger partial charge < -0.3 is 14.8 Å². The number of nitrogens with zero attached hydrogens (tertiary/aromatic N) is 1. The number of nitrogens with one attached hydrogen (secondary N) is 2. The van der Waals surface area contributed by atoms with Gasteiger partial charge in [0.05, 0.1) is 16.8 Å². The molecule has 1 aromatic carbocycles. The molecule has 0 amide bonds. The first-order valence-electron chi connectivity index (χ1n) is 10.7. The zero-order valence-electron chi connectivity index (χ0n) is 18.9. The minimum atomic E-state index is -4.06. The molecule has 4 atom stereocenters. The Morgan fingerprint density at radius 1 is 1.18 bits per heavy atom. The van der Waals surface area contributed by atoms with Crippen LogP contribution in [0.15, 0.2) is 33.6 Å². The lowest BCUT2D eigenvalue weighted by molar-refractivity contribution is -0.145. The van der Waals surface area contributed by atoms with E-state index in [2.05, 4.69) is 10.6 Å². The van der Waals surface area contributed by atoms with Gasteiger partial charge in [0.15, 0.2) is 5.75 Å². The Bertz CT molecular complexity index is 1220. The molecular weight excluding hydrogens is 502 g/mol. The van der Waals surface area contributed by atoms with Crippen LogP contribution < -0.4 is 10.6 Å². The molecule has 2 fully saturated rings. The van der Waals surface area contributed by atoms with Crippen LogP contribution in [0.5, 0.6) is 5.75 Å². The molecule has 184 valence electrons. The van der Waals surface area contributed by atoms with E-state index in [1.54, 1.807) is 11.8 Å². The average molecular weight is 528 g/mol. The summed E-state index contributed by atoms with van der Waals surface area (Å²) in [5.41, 5.74) is -0.0110. The summed E-state index contributed by atoms with van der Waals surface area (Å²) in [4.78, 5) is 24.5. The number of phenolic OH excluding ortho intramolecular Hbond substituents is 1. The van der Waals surface area contributed by atoms with Crippen molar-refractivity contribution in [3.8, 4) is 5.75 Å². The second-order valence-corrected chi connectivity index (χ2v) is 12.4. The van der Waals surface area contributed by atoms with Gasteiger partial charge in [-0.2, -0.15) is 11.8 Å². The third-order valence-corrected chi connectivity index (χ3v) is 9.82. The minimum absolute atomic E-state index is 0.0110. The topological polar surface area (TPSA) is 129 Å². The molecule has 2 heterocycles. The minimum Gasteiger partial charge on any atom is -0.504 e. The van der Waals surface area contributed by atoms with Crippen LogP contribution in [0.2, 0.25) is 5.02 Å². The molecule has 3 N–H and O–H groups in total. The van der Waals surface area contributed by atoms with E-state index in [4.69, 9.17) is 16.0 Å². The van der Waals surface area contributed by atoms with E-state index in [9.17, 15) is 23.1 Å². The number of aromatic hydroxyl groups is 1. The molecule has 0 bridgehead atoms. The first-order valence-corrected chi connectivity index (χ1v) is 13.6. The highest BCUT2D eigenvalue weighted by molar-refractivity contribution is 8.00. The molecule has 1 aliphatic heterocycles. The number of benzene rings is 1. The van der Waals surface area contributed by atoms with Crippen LogP contribution >= 0.6 is 23.4 Å². The molecule has 1 aliphatic carbocycles. The molecule has 1 saturated carbocycles. The number of Topliss-reactive ketones (excluding diaryl/α,β-unsaturated/α-hetero) is 2. The maximum Gasteiger partial charge on any atom is 0.247 e. The Labute approximate surface area is 207 Å². The molecule has 12 heteroatoms. The van der Waals surface area contributed by atoms with Gasteiger partial charge in [0.2, 0.25) is 21.6 Å². The largest absolute Gasteiger partial charge is 0.504 e. The van der Waals surface area contributed by atoms with E-state index >= 15 is 0 Å². The molecule has 1 aromatic heterocycles. The molecule has 1 saturated heterocycles. The number of carbonyl (C=O) groups excluding carboxylic acids is 2. The lowest BCUT2D eigenvalue weighted by Gasteiger charge is -2.38. The summed E-state index contributed by atoms with van der Waals surface area (Å²) in [5.74, 6) is 0.592. The quantitative estimate of drug-likeness (QED) is 0.350. The van der Waals surface area contributed by atoms with E-state index in [1.165, 1.54) is 26.2 Å². The summed E-state index contributed by atoms with van der Waals surface area (Å²) in [5, 5.41) is 16.9. The zero-order valence-corrected chi connectivity index (χ0v) is 21.3. The summed E-state index contributed by atoms with van der Waals surface area (Å²) in [7, 11) is -1.43. The number of sulfonamides is 1. The fraction of sp³-hybridized carbons (Fsp3) is 0.455. The highest BCUT2D eigenvalue weighted by Crippen LogP contribution is 2.40. The molecule has 4 rings (SSSR count). The third-order valence-electron chi connectivity index (χ3n) is 6.04. The van der Waals surface area contributed by atoms with E-state index in [-0.39, 0.29) is 22.0 Å². The van der Waals surface area contributed by atoms with Crippen LogP contribution in [-0.4, -0.2) is 66.6 Å². The highest BCUT2D eigenvalue weighted by atomic mass is 35.5. The number of furan rings is 1. The molecule has 0 radical (unpaired) electrons. The number of anilines is 1. The van der Waals surface area contributed by atoms with Crippen LogP contribution in [0.4, 0.5) is 5.69 Å². The van der Waals surface area contributed by atoms with Crippen molar-refractivity contribution in [2.24, 2.45) is 0 Å². The van der Waals surface area contributed by atoms with Crippen LogP contribution in [0.3, 0.4) is 0 Å². The predicted molar refractivity (Wildman–Crippen MR) is 130 cm³/mol. The van der Waals surface area contributed by atoms with Gasteiger partial charge in [-0.1, -0.05) is 11.6 Å². The number of phenols is 1. The van der Waals surface area contributed by atoms with E-state index in [0.29, 0.717) is 5.76 Å². The Hall–Kier alpha value is -2.05. The fourth-order valence-electron chi connectivity index (χ4n) is 4.14. The summed E-state index contributed by atoms with van der Waals surface area (Å²) < 4.78 is 32.0. The number of rotatable bonds is 8. The number of halogens is 1. The second-order valence-electron chi connectivity index (χ2n) is 8.53. The van der Waals surface area contributed by atoms with Crippen LogP contribution in [0.25, 0.3) is 0 Å². The van der Waals surface area contributed by atoms with Crippen molar-refractivity contribution >= 4 is 50.6 Å². The Kier molecular flexibility index (Phi) is 7.03. The molecular formula is C22H26ClN3O6S2. The van der Waals surface area contributed by atoms with E-state index in [0.717, 1.165) is 28.7 Å². The van der Waals surface area contributed by atoms with Gasteiger partial charge in [-0.05, 0) is 49.8 Å². The van der Waals surface area contributed by atoms with Gasteiger partial charge in [-0.25, -0.2) is 12.7 Å². The van der Waals surface area contributed by atoms with Crippen molar-refractivity contribution in [1.29, 1.82) is 0 Å². The van der Waals surface area contributed by atoms with Gasteiger partial charge in [0, 0.05) is 19.3 Å². The maximum absolute atomic E-state index is 12.6. The number of carbonyl (C=O) groups is 2.